The van der Waals surface area contributed by atoms with E-state index in [1.54, 1.807) is 25.6 Å². The molecule has 0 bridgehead atoms. The summed E-state index contributed by atoms with van der Waals surface area (Å²) in [4.78, 5) is 8.90. The zero-order chi connectivity index (χ0) is 16.5. The SMILES string of the molecule is COc1cc(-c2nc3cnccn3c2NC2CCCC2)ccc1O. The standard InChI is InChI=1S/C18H20N4O2/c1-24-15-10-12(6-7-14(15)23)17-18(20-13-4-2-3-5-13)22-9-8-19-11-16(22)21-17/h6-11,13,20,23H,2-5H2,1H3. The highest BCUT2D eigenvalue weighted by Gasteiger charge is 2.21. The number of aromatic hydroxyl groups is 1. The van der Waals surface area contributed by atoms with E-state index in [-0.39, 0.29) is 5.75 Å². The van der Waals surface area contributed by atoms with Crippen molar-refractivity contribution in [1.82, 2.24) is 14.4 Å². The fourth-order valence-corrected chi connectivity index (χ4v) is 3.33. The average molecular weight is 324 g/mol. The summed E-state index contributed by atoms with van der Waals surface area (Å²) in [6.07, 6.45) is 10.3. The number of hydrogen-bond acceptors (Lipinski definition) is 5. The van der Waals surface area contributed by atoms with Gasteiger partial charge in [0.15, 0.2) is 17.1 Å². The molecular weight excluding hydrogens is 304 g/mol. The van der Waals surface area contributed by atoms with Gasteiger partial charge < -0.3 is 15.2 Å². The number of anilines is 1. The Kier molecular flexibility index (Phi) is 3.72. The van der Waals surface area contributed by atoms with E-state index in [0.717, 1.165) is 22.7 Å². The Bertz CT molecular complexity index is 869. The molecule has 6 heteroatoms. The highest BCUT2D eigenvalue weighted by molar-refractivity contribution is 5.78. The van der Waals surface area contributed by atoms with Crippen LogP contribution in [0.1, 0.15) is 25.7 Å². The van der Waals surface area contributed by atoms with Crippen LogP contribution >= 0.6 is 0 Å². The molecule has 0 aliphatic heterocycles. The summed E-state index contributed by atoms with van der Waals surface area (Å²) in [6.45, 7) is 0. The van der Waals surface area contributed by atoms with Crippen molar-refractivity contribution >= 4 is 11.5 Å². The molecule has 2 N–H and O–H groups in total. The van der Waals surface area contributed by atoms with Gasteiger partial charge in [-0.3, -0.25) is 9.38 Å². The van der Waals surface area contributed by atoms with Gasteiger partial charge in [0.2, 0.25) is 0 Å². The smallest absolute Gasteiger partial charge is 0.161 e. The molecule has 24 heavy (non-hydrogen) atoms. The minimum atomic E-state index is 0.122. The van der Waals surface area contributed by atoms with Gasteiger partial charge in [-0.2, -0.15) is 0 Å². The van der Waals surface area contributed by atoms with Crippen molar-refractivity contribution in [1.29, 1.82) is 0 Å². The van der Waals surface area contributed by atoms with Crippen molar-refractivity contribution in [2.24, 2.45) is 0 Å². The van der Waals surface area contributed by atoms with Crippen LogP contribution in [0.4, 0.5) is 5.82 Å². The molecule has 1 fully saturated rings. The van der Waals surface area contributed by atoms with Gasteiger partial charge in [-0.25, -0.2) is 4.98 Å². The maximum atomic E-state index is 9.84. The monoisotopic (exact) mass is 324 g/mol. The maximum Gasteiger partial charge on any atom is 0.161 e. The van der Waals surface area contributed by atoms with E-state index in [9.17, 15) is 5.11 Å². The topological polar surface area (TPSA) is 71.7 Å². The third-order valence-electron chi connectivity index (χ3n) is 4.58. The minimum absolute atomic E-state index is 0.122. The summed E-state index contributed by atoms with van der Waals surface area (Å²) in [7, 11) is 1.55. The summed E-state index contributed by atoms with van der Waals surface area (Å²) in [5, 5.41) is 13.5. The predicted octanol–water partition coefficient (Wildman–Crippen LogP) is 3.47. The number of methoxy groups -OCH3 is 1. The molecule has 0 radical (unpaired) electrons. The molecule has 0 saturated heterocycles. The molecule has 6 nitrogen and oxygen atoms in total. The van der Waals surface area contributed by atoms with Gasteiger partial charge in [0.05, 0.1) is 13.3 Å². The number of benzene rings is 1. The maximum absolute atomic E-state index is 9.84. The molecule has 4 rings (SSSR count). The molecule has 1 aromatic carbocycles. The van der Waals surface area contributed by atoms with E-state index in [1.165, 1.54) is 25.7 Å². The van der Waals surface area contributed by atoms with Crippen LogP contribution in [0.25, 0.3) is 16.9 Å². The van der Waals surface area contributed by atoms with Gasteiger partial charge in [-0.05, 0) is 31.0 Å². The van der Waals surface area contributed by atoms with E-state index in [0.29, 0.717) is 11.8 Å². The van der Waals surface area contributed by atoms with Crippen molar-refractivity contribution in [3.8, 4) is 22.8 Å². The quantitative estimate of drug-likeness (QED) is 0.769. The number of nitrogens with zero attached hydrogens (tertiary/aromatic N) is 3. The first-order valence-corrected chi connectivity index (χ1v) is 8.22. The first kappa shape index (κ1) is 14.8. The van der Waals surface area contributed by atoms with Gasteiger partial charge in [-0.1, -0.05) is 12.8 Å². The Morgan fingerprint density at radius 3 is 2.92 bits per heavy atom. The molecule has 0 spiro atoms. The molecule has 2 aromatic heterocycles. The molecule has 3 aromatic rings. The summed E-state index contributed by atoms with van der Waals surface area (Å²) >= 11 is 0. The lowest BCUT2D eigenvalue weighted by atomic mass is 10.1. The van der Waals surface area contributed by atoms with Crippen LogP contribution in [0.2, 0.25) is 0 Å². The molecule has 0 unspecified atom stereocenters. The first-order chi connectivity index (χ1) is 11.8. The number of aromatic nitrogens is 3. The van der Waals surface area contributed by atoms with Gasteiger partial charge in [0.25, 0.3) is 0 Å². The lowest BCUT2D eigenvalue weighted by Crippen LogP contribution is -2.16. The van der Waals surface area contributed by atoms with E-state index >= 15 is 0 Å². The Labute approximate surface area is 140 Å². The molecule has 124 valence electrons. The average Bonchev–Trinajstić information content (AvgIpc) is 3.24. The summed E-state index contributed by atoms with van der Waals surface area (Å²) in [5.41, 5.74) is 2.53. The number of hydrogen-bond donors (Lipinski definition) is 2. The van der Waals surface area contributed by atoms with E-state index in [4.69, 9.17) is 9.72 Å². The minimum Gasteiger partial charge on any atom is -0.504 e. The van der Waals surface area contributed by atoms with E-state index in [1.807, 2.05) is 22.7 Å². The van der Waals surface area contributed by atoms with Crippen LogP contribution in [0, 0.1) is 0 Å². The molecule has 0 amide bonds. The van der Waals surface area contributed by atoms with Crippen molar-refractivity contribution in [2.45, 2.75) is 31.7 Å². The molecule has 1 aliphatic rings. The number of fused-ring (bicyclic) bond motifs is 1. The zero-order valence-corrected chi connectivity index (χ0v) is 13.6. The Morgan fingerprint density at radius 1 is 1.29 bits per heavy atom. The van der Waals surface area contributed by atoms with E-state index < -0.39 is 0 Å². The summed E-state index contributed by atoms with van der Waals surface area (Å²) in [6, 6.07) is 5.77. The fraction of sp³-hybridized carbons (Fsp3) is 0.333. The number of nitrogens with one attached hydrogen (secondary N) is 1. The number of phenols is 1. The number of phenolic OH excluding ortho intramolecular Hbond substituents is 1. The van der Waals surface area contributed by atoms with Crippen LogP contribution in [-0.4, -0.2) is 32.6 Å². The molecule has 1 aliphatic carbocycles. The lowest BCUT2D eigenvalue weighted by molar-refractivity contribution is 0.373. The van der Waals surface area contributed by atoms with Crippen LogP contribution in [-0.2, 0) is 0 Å². The zero-order valence-electron chi connectivity index (χ0n) is 13.6. The Balaban J connectivity index is 1.84. The van der Waals surface area contributed by atoms with E-state index in [2.05, 4.69) is 10.3 Å². The van der Waals surface area contributed by atoms with Crippen LogP contribution < -0.4 is 10.1 Å². The van der Waals surface area contributed by atoms with Crippen molar-refractivity contribution in [2.75, 3.05) is 12.4 Å². The Morgan fingerprint density at radius 2 is 2.12 bits per heavy atom. The third-order valence-corrected chi connectivity index (χ3v) is 4.58. The highest BCUT2D eigenvalue weighted by Crippen LogP contribution is 2.36. The highest BCUT2D eigenvalue weighted by atomic mass is 16.5. The molecular formula is C18H20N4O2. The number of ether oxygens (including phenoxy) is 1. The molecule has 1 saturated carbocycles. The number of rotatable bonds is 4. The number of imidazole rings is 1. The first-order valence-electron chi connectivity index (χ1n) is 8.22. The largest absolute Gasteiger partial charge is 0.504 e. The third kappa shape index (κ3) is 2.54. The van der Waals surface area contributed by atoms with Crippen molar-refractivity contribution in [3.63, 3.8) is 0 Å². The van der Waals surface area contributed by atoms with Crippen molar-refractivity contribution in [3.05, 3.63) is 36.8 Å². The fourth-order valence-electron chi connectivity index (χ4n) is 3.33. The van der Waals surface area contributed by atoms with Gasteiger partial charge in [0.1, 0.15) is 11.5 Å². The van der Waals surface area contributed by atoms with Crippen molar-refractivity contribution < 1.29 is 9.84 Å². The van der Waals surface area contributed by atoms with Crippen LogP contribution in [0.15, 0.2) is 36.8 Å². The molecule has 2 heterocycles. The predicted molar refractivity (Wildman–Crippen MR) is 92.5 cm³/mol. The summed E-state index contributed by atoms with van der Waals surface area (Å²) < 4.78 is 7.26. The normalized spacial score (nSPS) is 15.0. The van der Waals surface area contributed by atoms with Crippen LogP contribution in [0.5, 0.6) is 11.5 Å². The van der Waals surface area contributed by atoms with Crippen LogP contribution in [0.3, 0.4) is 0 Å². The second-order valence-electron chi connectivity index (χ2n) is 6.13. The summed E-state index contributed by atoms with van der Waals surface area (Å²) in [5.74, 6) is 1.53. The second kappa shape index (κ2) is 6.03. The molecule has 0 atom stereocenters. The second-order valence-corrected chi connectivity index (χ2v) is 6.13. The van der Waals surface area contributed by atoms with Gasteiger partial charge >= 0.3 is 0 Å². The van der Waals surface area contributed by atoms with Gasteiger partial charge in [0, 0.05) is 24.0 Å². The lowest BCUT2D eigenvalue weighted by Gasteiger charge is -2.15. The Hall–Kier alpha value is -2.76. The van der Waals surface area contributed by atoms with Gasteiger partial charge in [-0.15, -0.1) is 0 Å².